The van der Waals surface area contributed by atoms with Crippen LogP contribution in [-0.4, -0.2) is 27.1 Å². The fraction of sp³-hybridized carbons (Fsp3) is 0.0556. The molecule has 7 nitrogen and oxygen atoms in total. The van der Waals surface area contributed by atoms with Gasteiger partial charge in [-0.05, 0) is 36.4 Å². The van der Waals surface area contributed by atoms with Crippen LogP contribution in [-0.2, 0) is 4.79 Å². The normalized spacial score (nSPS) is 10.4. The summed E-state index contributed by atoms with van der Waals surface area (Å²) in [5.41, 5.74) is 2.01. The van der Waals surface area contributed by atoms with E-state index in [1.165, 1.54) is 25.3 Å². The number of aromatic carboxylic acids is 1. The van der Waals surface area contributed by atoms with Gasteiger partial charge in [0, 0.05) is 29.9 Å². The number of carbonyl (C=O) groups excluding carboxylic acids is 1. The van der Waals surface area contributed by atoms with Crippen LogP contribution >= 0.6 is 0 Å². The average molecular weight is 337 g/mol. The van der Waals surface area contributed by atoms with Crippen molar-refractivity contribution < 1.29 is 19.8 Å². The van der Waals surface area contributed by atoms with Gasteiger partial charge < -0.3 is 20.8 Å². The summed E-state index contributed by atoms with van der Waals surface area (Å²) >= 11 is 0. The first-order valence-corrected chi connectivity index (χ1v) is 7.44. The van der Waals surface area contributed by atoms with Crippen LogP contribution in [0.15, 0.2) is 48.7 Å². The van der Waals surface area contributed by atoms with Crippen LogP contribution in [0.2, 0.25) is 0 Å². The van der Waals surface area contributed by atoms with Gasteiger partial charge in [0.1, 0.15) is 5.52 Å². The van der Waals surface area contributed by atoms with Crippen molar-refractivity contribution in [1.29, 1.82) is 0 Å². The molecule has 0 aliphatic heterocycles. The Bertz CT molecular complexity index is 985. The first-order chi connectivity index (χ1) is 12.0. The molecular formula is C18H15N3O4. The zero-order valence-electron chi connectivity index (χ0n) is 13.3. The predicted octanol–water partition coefficient (Wildman–Crippen LogP) is 3.34. The molecule has 0 unspecified atom stereocenters. The van der Waals surface area contributed by atoms with E-state index in [0.29, 0.717) is 22.3 Å². The number of aromatic hydroxyl groups is 1. The number of nitrogens with zero attached hydrogens (tertiary/aromatic N) is 1. The standard InChI is InChI=1S/C18H15N3O4/c1-10(22)20-15-6-5-13-14(7-8-19-16(13)17(15)23)21-12-4-2-3-11(9-12)18(24)25/h2-9,23H,1H3,(H,19,21)(H,20,22)(H,24,25). The largest absolute Gasteiger partial charge is 0.504 e. The molecule has 0 aliphatic carbocycles. The number of pyridine rings is 1. The second-order valence-corrected chi connectivity index (χ2v) is 5.41. The quantitative estimate of drug-likeness (QED) is 0.543. The Kier molecular flexibility index (Phi) is 4.21. The SMILES string of the molecule is CC(=O)Nc1ccc2c(Nc3cccc(C(=O)O)c3)ccnc2c1O. The maximum atomic E-state index is 11.2. The molecule has 1 aromatic heterocycles. The van der Waals surface area contributed by atoms with E-state index >= 15 is 0 Å². The van der Waals surface area contributed by atoms with Crippen molar-refractivity contribution in [3.63, 3.8) is 0 Å². The Hall–Kier alpha value is -3.61. The number of aromatic nitrogens is 1. The van der Waals surface area contributed by atoms with E-state index in [1.807, 2.05) is 0 Å². The molecule has 0 radical (unpaired) electrons. The van der Waals surface area contributed by atoms with Gasteiger partial charge >= 0.3 is 5.97 Å². The minimum Gasteiger partial charge on any atom is -0.504 e. The number of benzene rings is 2. The molecule has 0 spiro atoms. The van der Waals surface area contributed by atoms with Crippen LogP contribution in [0.4, 0.5) is 17.1 Å². The van der Waals surface area contributed by atoms with E-state index in [2.05, 4.69) is 15.6 Å². The third-order valence-electron chi connectivity index (χ3n) is 3.59. The molecule has 1 heterocycles. The van der Waals surface area contributed by atoms with Gasteiger partial charge in [0.15, 0.2) is 5.75 Å². The average Bonchev–Trinajstić information content (AvgIpc) is 2.58. The number of amides is 1. The lowest BCUT2D eigenvalue weighted by Crippen LogP contribution is -2.06. The van der Waals surface area contributed by atoms with Crippen LogP contribution in [0.3, 0.4) is 0 Å². The summed E-state index contributed by atoms with van der Waals surface area (Å²) in [4.78, 5) is 26.4. The van der Waals surface area contributed by atoms with Crippen LogP contribution in [0.25, 0.3) is 10.9 Å². The van der Waals surface area contributed by atoms with E-state index in [4.69, 9.17) is 5.11 Å². The molecule has 4 N–H and O–H groups in total. The van der Waals surface area contributed by atoms with Crippen LogP contribution in [0.5, 0.6) is 5.75 Å². The molecule has 0 saturated carbocycles. The zero-order chi connectivity index (χ0) is 18.0. The van der Waals surface area contributed by atoms with Crippen LogP contribution in [0.1, 0.15) is 17.3 Å². The number of anilines is 3. The number of phenols is 1. The lowest BCUT2D eigenvalue weighted by Gasteiger charge is -2.12. The molecule has 0 atom stereocenters. The summed E-state index contributed by atoms with van der Waals surface area (Å²) in [5.74, 6) is -1.44. The number of hydrogen-bond acceptors (Lipinski definition) is 5. The highest BCUT2D eigenvalue weighted by atomic mass is 16.4. The number of carboxylic acids is 1. The lowest BCUT2D eigenvalue weighted by atomic mass is 10.1. The summed E-state index contributed by atoms with van der Waals surface area (Å²) in [6.45, 7) is 1.35. The third-order valence-corrected chi connectivity index (χ3v) is 3.59. The summed E-state index contributed by atoms with van der Waals surface area (Å²) in [6, 6.07) is 11.4. The van der Waals surface area contributed by atoms with Crippen molar-refractivity contribution in [2.75, 3.05) is 10.6 Å². The van der Waals surface area contributed by atoms with E-state index in [1.54, 1.807) is 30.3 Å². The molecule has 126 valence electrons. The van der Waals surface area contributed by atoms with Crippen molar-refractivity contribution in [1.82, 2.24) is 4.98 Å². The monoisotopic (exact) mass is 337 g/mol. The molecule has 0 bridgehead atoms. The van der Waals surface area contributed by atoms with E-state index in [9.17, 15) is 14.7 Å². The maximum Gasteiger partial charge on any atom is 0.335 e. The zero-order valence-corrected chi connectivity index (χ0v) is 13.3. The smallest absolute Gasteiger partial charge is 0.335 e. The molecule has 3 rings (SSSR count). The third kappa shape index (κ3) is 3.35. The molecule has 0 aliphatic rings. The van der Waals surface area contributed by atoms with E-state index in [-0.39, 0.29) is 22.9 Å². The number of carboxylic acid groups (broad SMARTS) is 1. The summed E-state index contributed by atoms with van der Waals surface area (Å²) in [5, 5.41) is 25.7. The number of carbonyl (C=O) groups is 2. The molecule has 1 amide bonds. The highest BCUT2D eigenvalue weighted by Crippen LogP contribution is 2.35. The summed E-state index contributed by atoms with van der Waals surface area (Å²) < 4.78 is 0. The highest BCUT2D eigenvalue weighted by molar-refractivity contribution is 6.02. The van der Waals surface area contributed by atoms with Gasteiger partial charge in [0.05, 0.1) is 11.3 Å². The molecule has 25 heavy (non-hydrogen) atoms. The Morgan fingerprint density at radius 1 is 1.08 bits per heavy atom. The van der Waals surface area contributed by atoms with Gasteiger partial charge in [-0.2, -0.15) is 0 Å². The van der Waals surface area contributed by atoms with Gasteiger partial charge in [-0.3, -0.25) is 9.78 Å². The molecule has 7 heteroatoms. The lowest BCUT2D eigenvalue weighted by molar-refractivity contribution is -0.114. The number of rotatable bonds is 4. The van der Waals surface area contributed by atoms with Crippen molar-refractivity contribution in [3.8, 4) is 5.75 Å². The van der Waals surface area contributed by atoms with Gasteiger partial charge in [-0.1, -0.05) is 6.07 Å². The van der Waals surface area contributed by atoms with Crippen molar-refractivity contribution >= 4 is 39.8 Å². The number of hydrogen-bond donors (Lipinski definition) is 4. The molecule has 3 aromatic rings. The van der Waals surface area contributed by atoms with Gasteiger partial charge in [-0.15, -0.1) is 0 Å². The Morgan fingerprint density at radius 2 is 1.88 bits per heavy atom. The second-order valence-electron chi connectivity index (χ2n) is 5.41. The number of phenolic OH excluding ortho intramolecular Hbond substituents is 1. The van der Waals surface area contributed by atoms with E-state index in [0.717, 1.165) is 0 Å². The number of fused-ring (bicyclic) bond motifs is 1. The molecule has 0 saturated heterocycles. The Balaban J connectivity index is 2.03. The fourth-order valence-corrected chi connectivity index (χ4v) is 2.49. The minimum absolute atomic E-state index is 0.129. The minimum atomic E-state index is -1.01. The van der Waals surface area contributed by atoms with Crippen molar-refractivity contribution in [2.24, 2.45) is 0 Å². The molecule has 0 fully saturated rings. The maximum absolute atomic E-state index is 11.2. The number of nitrogens with one attached hydrogen (secondary N) is 2. The fourth-order valence-electron chi connectivity index (χ4n) is 2.49. The van der Waals surface area contributed by atoms with E-state index < -0.39 is 5.97 Å². The van der Waals surface area contributed by atoms with Crippen molar-refractivity contribution in [3.05, 3.63) is 54.2 Å². The summed E-state index contributed by atoms with van der Waals surface area (Å²) in [6.07, 6.45) is 1.52. The summed E-state index contributed by atoms with van der Waals surface area (Å²) in [7, 11) is 0. The molecule has 2 aromatic carbocycles. The van der Waals surface area contributed by atoms with Gasteiger partial charge in [0.25, 0.3) is 0 Å². The van der Waals surface area contributed by atoms with Crippen LogP contribution < -0.4 is 10.6 Å². The topological polar surface area (TPSA) is 112 Å². The first kappa shape index (κ1) is 16.3. The van der Waals surface area contributed by atoms with Gasteiger partial charge in [-0.25, -0.2) is 4.79 Å². The Morgan fingerprint density at radius 3 is 2.60 bits per heavy atom. The van der Waals surface area contributed by atoms with Crippen LogP contribution in [0, 0.1) is 0 Å². The highest BCUT2D eigenvalue weighted by Gasteiger charge is 2.12. The predicted molar refractivity (Wildman–Crippen MR) is 94.4 cm³/mol. The molecular weight excluding hydrogens is 322 g/mol. The Labute approximate surface area is 142 Å². The van der Waals surface area contributed by atoms with Gasteiger partial charge in [0.2, 0.25) is 5.91 Å². The first-order valence-electron chi connectivity index (χ1n) is 7.44. The second kappa shape index (κ2) is 6.48. The van der Waals surface area contributed by atoms with Crippen molar-refractivity contribution in [2.45, 2.75) is 6.92 Å².